The summed E-state index contributed by atoms with van der Waals surface area (Å²) >= 11 is 0. The van der Waals surface area contributed by atoms with Crippen molar-refractivity contribution >= 4 is 25.7 Å². The van der Waals surface area contributed by atoms with E-state index in [1.54, 1.807) is 6.92 Å². The van der Waals surface area contributed by atoms with Gasteiger partial charge < -0.3 is 19.0 Å². The summed E-state index contributed by atoms with van der Waals surface area (Å²) in [7, 11) is -1.94. The zero-order valence-corrected chi connectivity index (χ0v) is 23.1. The monoisotopic (exact) mass is 496 g/mol. The SMILES string of the molecule is CC(=O)N1CCc2c(c(N3CC(O[Si](C)(C)C(C)(C)C)Cc4ccccc43)nn2[C@H]2CCOC2)C1. The molecular weight excluding hydrogens is 456 g/mol. The minimum Gasteiger partial charge on any atom is -0.412 e. The second-order valence-electron chi connectivity index (χ2n) is 11.8. The molecule has 8 heteroatoms. The molecule has 1 unspecified atom stereocenters. The zero-order valence-electron chi connectivity index (χ0n) is 22.1. The fourth-order valence-corrected chi connectivity index (χ4v) is 6.71. The predicted octanol–water partition coefficient (Wildman–Crippen LogP) is 4.83. The summed E-state index contributed by atoms with van der Waals surface area (Å²) < 4.78 is 14.9. The molecule has 2 atom stereocenters. The van der Waals surface area contributed by atoms with Crippen molar-refractivity contribution in [1.29, 1.82) is 0 Å². The minimum absolute atomic E-state index is 0.105. The molecule has 1 saturated heterocycles. The number of hydrogen-bond donors (Lipinski definition) is 0. The van der Waals surface area contributed by atoms with Crippen LogP contribution in [0.2, 0.25) is 18.1 Å². The number of aromatic nitrogens is 2. The van der Waals surface area contributed by atoms with Gasteiger partial charge in [0, 0.05) is 49.9 Å². The van der Waals surface area contributed by atoms with Crippen molar-refractivity contribution in [3.05, 3.63) is 41.1 Å². The molecule has 4 heterocycles. The molecule has 1 amide bonds. The summed E-state index contributed by atoms with van der Waals surface area (Å²) in [6.45, 7) is 16.8. The van der Waals surface area contributed by atoms with E-state index in [0.717, 1.165) is 44.8 Å². The number of para-hydroxylation sites is 1. The van der Waals surface area contributed by atoms with Crippen LogP contribution >= 0.6 is 0 Å². The third kappa shape index (κ3) is 4.56. The molecule has 0 radical (unpaired) electrons. The van der Waals surface area contributed by atoms with E-state index in [9.17, 15) is 4.79 Å². The highest BCUT2D eigenvalue weighted by Gasteiger charge is 2.42. The summed E-state index contributed by atoms with van der Waals surface area (Å²) in [6.07, 6.45) is 2.84. The van der Waals surface area contributed by atoms with Crippen LogP contribution < -0.4 is 4.90 Å². The number of rotatable bonds is 4. The topological polar surface area (TPSA) is 59.8 Å². The van der Waals surface area contributed by atoms with Gasteiger partial charge in [0.2, 0.25) is 5.91 Å². The van der Waals surface area contributed by atoms with Crippen LogP contribution in [0.1, 0.15) is 57.0 Å². The number of ether oxygens (including phenoxy) is 1. The first-order chi connectivity index (χ1) is 16.5. The Hall–Kier alpha value is -2.16. The van der Waals surface area contributed by atoms with E-state index in [-0.39, 0.29) is 23.1 Å². The number of carbonyl (C=O) groups excluding carboxylic acids is 1. The highest BCUT2D eigenvalue weighted by Crippen LogP contribution is 2.42. The first-order valence-electron chi connectivity index (χ1n) is 13.0. The molecule has 1 aromatic heterocycles. The summed E-state index contributed by atoms with van der Waals surface area (Å²) in [6, 6.07) is 8.91. The number of anilines is 2. The molecular formula is C27H40N4O3Si. The summed E-state index contributed by atoms with van der Waals surface area (Å²) in [5.41, 5.74) is 4.95. The van der Waals surface area contributed by atoms with Gasteiger partial charge >= 0.3 is 0 Å². The van der Waals surface area contributed by atoms with Crippen LogP contribution in [0.5, 0.6) is 0 Å². The van der Waals surface area contributed by atoms with E-state index in [1.807, 2.05) is 4.90 Å². The van der Waals surface area contributed by atoms with Gasteiger partial charge in [0.15, 0.2) is 14.1 Å². The molecule has 0 N–H and O–H groups in total. The van der Waals surface area contributed by atoms with E-state index in [4.69, 9.17) is 14.3 Å². The molecule has 0 aliphatic carbocycles. The van der Waals surface area contributed by atoms with E-state index in [1.165, 1.54) is 22.5 Å². The van der Waals surface area contributed by atoms with Crippen molar-refractivity contribution in [2.75, 3.05) is 31.2 Å². The summed E-state index contributed by atoms with van der Waals surface area (Å²) in [5.74, 6) is 1.10. The number of benzene rings is 1. The Morgan fingerprint density at radius 1 is 1.23 bits per heavy atom. The fraction of sp³-hybridized carbons (Fsp3) is 0.630. The lowest BCUT2D eigenvalue weighted by Gasteiger charge is -2.43. The van der Waals surface area contributed by atoms with Crippen molar-refractivity contribution in [2.45, 2.75) is 83.8 Å². The maximum absolute atomic E-state index is 12.3. The molecule has 190 valence electrons. The standard InChI is InChI=1S/C27H40N4O3Si/c1-19(32)29-13-11-25-23(17-29)26(28-31(25)21-12-14-33-18-21)30-16-22(34-35(5,6)27(2,3)4)15-20-9-7-8-10-24(20)30/h7-10,21-22H,11-18H2,1-6H3/t21-,22?/m0/s1. The van der Waals surface area contributed by atoms with E-state index in [2.05, 4.69) is 67.7 Å². The Morgan fingerprint density at radius 3 is 2.69 bits per heavy atom. The highest BCUT2D eigenvalue weighted by atomic mass is 28.4. The molecule has 35 heavy (non-hydrogen) atoms. The van der Waals surface area contributed by atoms with Crippen molar-refractivity contribution in [3.8, 4) is 0 Å². The molecule has 3 aliphatic heterocycles. The Balaban J connectivity index is 1.56. The maximum atomic E-state index is 12.3. The summed E-state index contributed by atoms with van der Waals surface area (Å²) in [4.78, 5) is 16.6. The van der Waals surface area contributed by atoms with Crippen LogP contribution in [-0.4, -0.2) is 61.3 Å². The van der Waals surface area contributed by atoms with Gasteiger partial charge in [-0.2, -0.15) is 5.10 Å². The second-order valence-corrected chi connectivity index (χ2v) is 16.6. The number of carbonyl (C=O) groups is 1. The molecule has 1 fully saturated rings. The largest absolute Gasteiger partial charge is 0.412 e. The molecule has 0 spiro atoms. The van der Waals surface area contributed by atoms with Crippen LogP contribution in [-0.2, 0) is 33.3 Å². The lowest BCUT2D eigenvalue weighted by atomic mass is 9.98. The molecule has 7 nitrogen and oxygen atoms in total. The zero-order chi connectivity index (χ0) is 25.0. The van der Waals surface area contributed by atoms with Gasteiger partial charge in [0.05, 0.1) is 31.8 Å². The fourth-order valence-electron chi connectivity index (χ4n) is 5.36. The van der Waals surface area contributed by atoms with E-state index < -0.39 is 8.32 Å². The molecule has 2 aromatic rings. The van der Waals surface area contributed by atoms with Crippen molar-refractivity contribution < 1.29 is 14.0 Å². The number of hydrogen-bond acceptors (Lipinski definition) is 5. The van der Waals surface area contributed by atoms with E-state index in [0.29, 0.717) is 13.2 Å². The van der Waals surface area contributed by atoms with Gasteiger partial charge in [-0.25, -0.2) is 0 Å². The van der Waals surface area contributed by atoms with Gasteiger partial charge in [0.25, 0.3) is 0 Å². The molecule has 1 aromatic carbocycles. The average molecular weight is 497 g/mol. The Bertz CT molecular complexity index is 1100. The quantitative estimate of drug-likeness (QED) is 0.567. The Labute approximate surface area is 210 Å². The lowest BCUT2D eigenvalue weighted by molar-refractivity contribution is -0.129. The second kappa shape index (κ2) is 9.05. The predicted molar refractivity (Wildman–Crippen MR) is 141 cm³/mol. The highest BCUT2D eigenvalue weighted by molar-refractivity contribution is 6.74. The minimum atomic E-state index is -1.94. The first kappa shape index (κ1) is 24.5. The Morgan fingerprint density at radius 2 is 2.00 bits per heavy atom. The van der Waals surface area contributed by atoms with Gasteiger partial charge in [-0.1, -0.05) is 39.0 Å². The van der Waals surface area contributed by atoms with Crippen molar-refractivity contribution in [1.82, 2.24) is 14.7 Å². The number of nitrogens with zero attached hydrogens (tertiary/aromatic N) is 4. The smallest absolute Gasteiger partial charge is 0.219 e. The van der Waals surface area contributed by atoms with Gasteiger partial charge in [-0.3, -0.25) is 9.48 Å². The normalized spacial score (nSPS) is 22.8. The molecule has 0 bridgehead atoms. The van der Waals surface area contributed by atoms with Crippen LogP contribution in [0, 0.1) is 0 Å². The summed E-state index contributed by atoms with van der Waals surface area (Å²) in [5, 5.41) is 5.40. The van der Waals surface area contributed by atoms with Crippen LogP contribution in [0.25, 0.3) is 0 Å². The lowest BCUT2D eigenvalue weighted by Crippen LogP contribution is -2.49. The average Bonchev–Trinajstić information content (AvgIpc) is 3.45. The molecule has 5 rings (SSSR count). The maximum Gasteiger partial charge on any atom is 0.219 e. The third-order valence-electron chi connectivity index (χ3n) is 8.40. The Kier molecular flexibility index (Phi) is 6.34. The van der Waals surface area contributed by atoms with Gasteiger partial charge in [-0.05, 0) is 36.2 Å². The number of fused-ring (bicyclic) bond motifs is 2. The van der Waals surface area contributed by atoms with Crippen LogP contribution in [0.3, 0.4) is 0 Å². The van der Waals surface area contributed by atoms with Crippen molar-refractivity contribution in [3.63, 3.8) is 0 Å². The van der Waals surface area contributed by atoms with Crippen LogP contribution in [0.4, 0.5) is 11.5 Å². The number of amides is 1. The molecule has 0 saturated carbocycles. The first-order valence-corrected chi connectivity index (χ1v) is 15.9. The third-order valence-corrected chi connectivity index (χ3v) is 12.9. The van der Waals surface area contributed by atoms with Gasteiger partial charge in [0.1, 0.15) is 0 Å². The van der Waals surface area contributed by atoms with Crippen molar-refractivity contribution in [2.24, 2.45) is 0 Å². The van der Waals surface area contributed by atoms with E-state index >= 15 is 0 Å². The van der Waals surface area contributed by atoms with Crippen LogP contribution in [0.15, 0.2) is 24.3 Å². The van der Waals surface area contributed by atoms with Gasteiger partial charge in [-0.15, -0.1) is 0 Å². The molecule has 3 aliphatic rings.